The third-order valence-electron chi connectivity index (χ3n) is 3.51. The maximum absolute atomic E-state index is 12.4. The molecule has 1 N–H and O–H groups in total. The van der Waals surface area contributed by atoms with E-state index in [1.165, 1.54) is 10.9 Å². The van der Waals surface area contributed by atoms with Crippen LogP contribution in [0.5, 0.6) is 0 Å². The summed E-state index contributed by atoms with van der Waals surface area (Å²) in [5.74, 6) is -0.269. The lowest BCUT2D eigenvalue weighted by atomic mass is 10.2. The largest absolute Gasteiger partial charge is 0.324 e. The molecule has 0 aliphatic carbocycles. The monoisotopic (exact) mass is 371 g/mol. The summed E-state index contributed by atoms with van der Waals surface area (Å²) in [6.45, 7) is 1.83. The molecule has 0 unspecified atom stereocenters. The molecule has 0 fully saturated rings. The molecule has 3 aromatic rings. The highest BCUT2D eigenvalue weighted by Crippen LogP contribution is 2.19. The zero-order valence-corrected chi connectivity index (χ0v) is 14.0. The van der Waals surface area contributed by atoms with E-state index in [1.807, 2.05) is 31.2 Å². The molecule has 0 aliphatic heterocycles. The summed E-state index contributed by atoms with van der Waals surface area (Å²) in [5, 5.41) is 3.32. The summed E-state index contributed by atoms with van der Waals surface area (Å²) in [5.41, 5.74) is 2.06. The number of aromatic nitrogens is 2. The van der Waals surface area contributed by atoms with Gasteiger partial charge in [-0.3, -0.25) is 14.2 Å². The van der Waals surface area contributed by atoms with E-state index in [9.17, 15) is 9.59 Å². The Balaban J connectivity index is 1.83. The smallest absolute Gasteiger partial charge is 0.261 e. The van der Waals surface area contributed by atoms with E-state index in [1.54, 1.807) is 18.2 Å². The van der Waals surface area contributed by atoms with Crippen LogP contribution in [0.25, 0.3) is 10.9 Å². The number of amides is 1. The lowest BCUT2D eigenvalue weighted by Gasteiger charge is -2.10. The van der Waals surface area contributed by atoms with Gasteiger partial charge in [0.1, 0.15) is 6.54 Å². The summed E-state index contributed by atoms with van der Waals surface area (Å²) in [6.07, 6.45) is 1.40. The fourth-order valence-electron chi connectivity index (χ4n) is 2.33. The van der Waals surface area contributed by atoms with Crippen LogP contribution in [0.2, 0.25) is 0 Å². The fourth-order valence-corrected chi connectivity index (χ4v) is 2.81. The zero-order chi connectivity index (χ0) is 16.4. The van der Waals surface area contributed by atoms with Gasteiger partial charge in [0.15, 0.2) is 0 Å². The molecule has 0 saturated heterocycles. The van der Waals surface area contributed by atoms with Crippen LogP contribution >= 0.6 is 15.9 Å². The lowest BCUT2D eigenvalue weighted by Crippen LogP contribution is -2.28. The van der Waals surface area contributed by atoms with Gasteiger partial charge in [-0.1, -0.05) is 28.1 Å². The second-order valence-electron chi connectivity index (χ2n) is 5.20. The molecule has 1 heterocycles. The maximum atomic E-state index is 12.4. The Morgan fingerprint density at radius 3 is 2.83 bits per heavy atom. The highest BCUT2D eigenvalue weighted by molar-refractivity contribution is 9.10. The molecule has 0 aliphatic rings. The van der Waals surface area contributed by atoms with Crippen LogP contribution in [0.15, 0.2) is 58.1 Å². The Morgan fingerprint density at radius 1 is 1.26 bits per heavy atom. The SMILES string of the molecule is Cc1cc(Br)ccc1NC(=O)Cn1cnc2ccccc2c1=O. The van der Waals surface area contributed by atoms with Gasteiger partial charge < -0.3 is 5.32 Å². The Labute approximate surface area is 141 Å². The summed E-state index contributed by atoms with van der Waals surface area (Å²) in [7, 11) is 0. The van der Waals surface area contributed by atoms with Gasteiger partial charge in [-0.2, -0.15) is 0 Å². The number of hydrogen-bond acceptors (Lipinski definition) is 3. The van der Waals surface area contributed by atoms with E-state index >= 15 is 0 Å². The van der Waals surface area contributed by atoms with Gasteiger partial charge in [0.05, 0.1) is 17.2 Å². The van der Waals surface area contributed by atoms with Crippen molar-refractivity contribution >= 4 is 38.4 Å². The molecule has 0 atom stereocenters. The van der Waals surface area contributed by atoms with E-state index in [-0.39, 0.29) is 18.0 Å². The number of anilines is 1. The summed E-state index contributed by atoms with van der Waals surface area (Å²) >= 11 is 3.38. The average Bonchev–Trinajstić information content (AvgIpc) is 2.53. The van der Waals surface area contributed by atoms with Gasteiger partial charge in [-0.25, -0.2) is 4.98 Å². The van der Waals surface area contributed by atoms with Crippen LogP contribution in [-0.2, 0) is 11.3 Å². The Bertz CT molecular complexity index is 950. The molecule has 5 nitrogen and oxygen atoms in total. The minimum absolute atomic E-state index is 0.0772. The van der Waals surface area contributed by atoms with Crippen molar-refractivity contribution in [2.75, 3.05) is 5.32 Å². The Morgan fingerprint density at radius 2 is 2.04 bits per heavy atom. The first-order chi connectivity index (χ1) is 11.0. The molecule has 23 heavy (non-hydrogen) atoms. The van der Waals surface area contributed by atoms with Crippen LogP contribution in [0.3, 0.4) is 0 Å². The molecule has 1 amide bonds. The molecular weight excluding hydrogens is 358 g/mol. The van der Waals surface area contributed by atoms with Gasteiger partial charge in [0, 0.05) is 10.2 Å². The van der Waals surface area contributed by atoms with Crippen molar-refractivity contribution in [2.45, 2.75) is 13.5 Å². The van der Waals surface area contributed by atoms with Gasteiger partial charge in [0.2, 0.25) is 5.91 Å². The normalized spacial score (nSPS) is 10.7. The quantitative estimate of drug-likeness (QED) is 0.769. The number of aryl methyl sites for hydroxylation is 1. The van der Waals surface area contributed by atoms with Crippen LogP contribution in [0, 0.1) is 6.92 Å². The molecule has 0 spiro atoms. The van der Waals surface area contributed by atoms with E-state index in [0.717, 1.165) is 15.7 Å². The number of benzene rings is 2. The molecule has 116 valence electrons. The number of carbonyl (C=O) groups excluding carboxylic acids is 1. The highest BCUT2D eigenvalue weighted by Gasteiger charge is 2.09. The first-order valence-corrected chi connectivity index (χ1v) is 7.84. The topological polar surface area (TPSA) is 64.0 Å². The molecular formula is C17H14BrN3O2. The van der Waals surface area contributed by atoms with Crippen LogP contribution in [0.4, 0.5) is 5.69 Å². The van der Waals surface area contributed by atoms with Crippen molar-refractivity contribution in [1.82, 2.24) is 9.55 Å². The highest BCUT2D eigenvalue weighted by atomic mass is 79.9. The minimum atomic E-state index is -0.269. The number of nitrogens with zero attached hydrogens (tertiary/aromatic N) is 2. The van der Waals surface area contributed by atoms with Gasteiger partial charge in [0.25, 0.3) is 5.56 Å². The number of hydrogen-bond donors (Lipinski definition) is 1. The van der Waals surface area contributed by atoms with E-state index < -0.39 is 0 Å². The maximum Gasteiger partial charge on any atom is 0.261 e. The van der Waals surface area contributed by atoms with Crippen molar-refractivity contribution < 1.29 is 4.79 Å². The average molecular weight is 372 g/mol. The lowest BCUT2D eigenvalue weighted by molar-refractivity contribution is -0.116. The summed E-state index contributed by atoms with van der Waals surface area (Å²) < 4.78 is 2.26. The van der Waals surface area contributed by atoms with Crippen LogP contribution in [0.1, 0.15) is 5.56 Å². The predicted molar refractivity (Wildman–Crippen MR) is 93.5 cm³/mol. The number of rotatable bonds is 3. The second-order valence-corrected chi connectivity index (χ2v) is 6.12. The van der Waals surface area contributed by atoms with E-state index in [2.05, 4.69) is 26.2 Å². The van der Waals surface area contributed by atoms with Gasteiger partial charge in [-0.05, 0) is 42.8 Å². The summed E-state index contributed by atoms with van der Waals surface area (Å²) in [6, 6.07) is 12.7. The van der Waals surface area contributed by atoms with Crippen LogP contribution < -0.4 is 10.9 Å². The molecule has 1 aromatic heterocycles. The summed E-state index contributed by atoms with van der Waals surface area (Å²) in [4.78, 5) is 28.8. The van der Waals surface area contributed by atoms with Crippen molar-refractivity contribution in [2.24, 2.45) is 0 Å². The number of para-hydroxylation sites is 1. The molecule has 6 heteroatoms. The van der Waals surface area contributed by atoms with E-state index in [0.29, 0.717) is 10.9 Å². The molecule has 3 rings (SSSR count). The second kappa shape index (κ2) is 6.34. The fraction of sp³-hybridized carbons (Fsp3) is 0.118. The molecule has 2 aromatic carbocycles. The number of nitrogens with one attached hydrogen (secondary N) is 1. The number of halogens is 1. The number of fused-ring (bicyclic) bond motifs is 1. The zero-order valence-electron chi connectivity index (χ0n) is 12.4. The van der Waals surface area contributed by atoms with Crippen molar-refractivity contribution in [3.8, 4) is 0 Å². The van der Waals surface area contributed by atoms with E-state index in [4.69, 9.17) is 0 Å². The minimum Gasteiger partial charge on any atom is -0.324 e. The molecule has 0 saturated carbocycles. The Kier molecular flexibility index (Phi) is 4.25. The van der Waals surface area contributed by atoms with Crippen molar-refractivity contribution in [3.05, 3.63) is 69.2 Å². The molecule has 0 radical (unpaired) electrons. The van der Waals surface area contributed by atoms with Crippen LogP contribution in [-0.4, -0.2) is 15.5 Å². The van der Waals surface area contributed by atoms with Gasteiger partial charge >= 0.3 is 0 Å². The Hall–Kier alpha value is -2.47. The van der Waals surface area contributed by atoms with Crippen molar-refractivity contribution in [1.29, 1.82) is 0 Å². The van der Waals surface area contributed by atoms with Gasteiger partial charge in [-0.15, -0.1) is 0 Å². The molecule has 0 bridgehead atoms. The standard InChI is InChI=1S/C17H14BrN3O2/c1-11-8-12(18)6-7-14(11)20-16(22)9-21-10-19-15-5-3-2-4-13(15)17(21)23/h2-8,10H,9H2,1H3,(H,20,22). The van der Waals surface area contributed by atoms with Crippen molar-refractivity contribution in [3.63, 3.8) is 0 Å². The predicted octanol–water partition coefficient (Wildman–Crippen LogP) is 3.11. The first-order valence-electron chi connectivity index (χ1n) is 7.05. The number of carbonyl (C=O) groups is 1. The third-order valence-corrected chi connectivity index (χ3v) is 4.00. The third kappa shape index (κ3) is 3.32. The first kappa shape index (κ1) is 15.4.